The van der Waals surface area contributed by atoms with Gasteiger partial charge in [-0.25, -0.2) is 0 Å². The van der Waals surface area contributed by atoms with Gasteiger partial charge >= 0.3 is 6.01 Å². The molecule has 0 aliphatic carbocycles. The van der Waals surface area contributed by atoms with E-state index in [4.69, 9.17) is 10.2 Å². The Labute approximate surface area is 115 Å². The van der Waals surface area contributed by atoms with Gasteiger partial charge in [0, 0.05) is 25.1 Å². The van der Waals surface area contributed by atoms with Gasteiger partial charge in [-0.05, 0) is 19.2 Å². The highest BCUT2D eigenvalue weighted by atomic mass is 16.4. The maximum atomic E-state index is 6.21. The SMILES string of the molecule is CN1CCc2nn(-c3nc4ccccc4o3)c(N)c2C1. The van der Waals surface area contributed by atoms with Crippen molar-refractivity contribution in [2.45, 2.75) is 13.0 Å². The normalized spacial score (nSPS) is 15.7. The lowest BCUT2D eigenvalue weighted by molar-refractivity contribution is 0.312. The predicted molar refractivity (Wildman–Crippen MR) is 75.6 cm³/mol. The van der Waals surface area contributed by atoms with Gasteiger partial charge in [-0.15, -0.1) is 0 Å². The number of nitrogens with zero attached hydrogens (tertiary/aromatic N) is 4. The van der Waals surface area contributed by atoms with E-state index in [-0.39, 0.29) is 0 Å². The molecule has 4 rings (SSSR count). The molecule has 0 fully saturated rings. The second kappa shape index (κ2) is 4.08. The van der Waals surface area contributed by atoms with Gasteiger partial charge in [0.1, 0.15) is 11.3 Å². The van der Waals surface area contributed by atoms with Crippen molar-refractivity contribution in [1.82, 2.24) is 19.7 Å². The number of anilines is 1. The lowest BCUT2D eigenvalue weighted by atomic mass is 10.1. The van der Waals surface area contributed by atoms with E-state index >= 15 is 0 Å². The van der Waals surface area contributed by atoms with Crippen LogP contribution in [0.2, 0.25) is 0 Å². The number of aromatic nitrogens is 3. The van der Waals surface area contributed by atoms with Crippen molar-refractivity contribution in [3.05, 3.63) is 35.5 Å². The Bertz CT molecular complexity index is 755. The van der Waals surface area contributed by atoms with Crippen molar-refractivity contribution in [1.29, 1.82) is 0 Å². The molecule has 1 aliphatic heterocycles. The summed E-state index contributed by atoms with van der Waals surface area (Å²) in [6, 6.07) is 8.08. The summed E-state index contributed by atoms with van der Waals surface area (Å²) in [5, 5.41) is 4.56. The molecule has 102 valence electrons. The number of nitrogens with two attached hydrogens (primary N) is 1. The van der Waals surface area contributed by atoms with E-state index in [1.165, 1.54) is 0 Å². The van der Waals surface area contributed by atoms with Crippen molar-refractivity contribution >= 4 is 16.9 Å². The van der Waals surface area contributed by atoms with Crippen LogP contribution in [-0.4, -0.2) is 33.3 Å². The quantitative estimate of drug-likeness (QED) is 0.726. The van der Waals surface area contributed by atoms with Crippen LogP contribution in [0, 0.1) is 0 Å². The molecule has 3 heterocycles. The molecule has 0 radical (unpaired) electrons. The number of fused-ring (bicyclic) bond motifs is 2. The van der Waals surface area contributed by atoms with E-state index in [1.54, 1.807) is 4.68 Å². The summed E-state index contributed by atoms with van der Waals surface area (Å²) >= 11 is 0. The number of oxazole rings is 1. The van der Waals surface area contributed by atoms with Gasteiger partial charge in [0.25, 0.3) is 0 Å². The minimum absolute atomic E-state index is 0.431. The van der Waals surface area contributed by atoms with E-state index in [0.717, 1.165) is 41.9 Å². The third-order valence-corrected chi connectivity index (χ3v) is 3.73. The molecule has 0 bridgehead atoms. The zero-order chi connectivity index (χ0) is 13.7. The maximum Gasteiger partial charge on any atom is 0.325 e. The maximum absolute atomic E-state index is 6.21. The number of benzene rings is 1. The van der Waals surface area contributed by atoms with Crippen LogP contribution >= 0.6 is 0 Å². The Morgan fingerprint density at radius 3 is 3.00 bits per heavy atom. The standard InChI is InChI=1S/C14H15N5O/c1-18-7-6-10-9(8-18)13(15)19(17-10)14-16-11-4-2-3-5-12(11)20-14/h2-5H,6-8,15H2,1H3. The Morgan fingerprint density at radius 1 is 1.30 bits per heavy atom. The first kappa shape index (κ1) is 11.5. The van der Waals surface area contributed by atoms with Crippen molar-refractivity contribution in [2.24, 2.45) is 0 Å². The number of hydrogen-bond acceptors (Lipinski definition) is 5. The molecule has 6 heteroatoms. The molecule has 0 saturated carbocycles. The molecule has 0 spiro atoms. The van der Waals surface area contributed by atoms with Crippen molar-refractivity contribution < 1.29 is 4.42 Å². The van der Waals surface area contributed by atoms with Crippen LogP contribution in [0.1, 0.15) is 11.3 Å². The van der Waals surface area contributed by atoms with E-state index in [1.807, 2.05) is 24.3 Å². The lowest BCUT2D eigenvalue weighted by Crippen LogP contribution is -2.26. The highest BCUT2D eigenvalue weighted by molar-refractivity contribution is 5.73. The lowest BCUT2D eigenvalue weighted by Gasteiger charge is -2.21. The predicted octanol–water partition coefficient (Wildman–Crippen LogP) is 1.58. The summed E-state index contributed by atoms with van der Waals surface area (Å²) in [5.74, 6) is 0.623. The molecule has 3 aromatic rings. The van der Waals surface area contributed by atoms with Crippen LogP contribution in [0.3, 0.4) is 0 Å². The molecule has 2 N–H and O–H groups in total. The van der Waals surface area contributed by atoms with E-state index in [9.17, 15) is 0 Å². The number of likely N-dealkylation sites (N-methyl/N-ethyl adjacent to an activating group) is 1. The van der Waals surface area contributed by atoms with Gasteiger partial charge in [-0.1, -0.05) is 12.1 Å². The van der Waals surface area contributed by atoms with Crippen LogP contribution in [0.25, 0.3) is 17.1 Å². The molecular weight excluding hydrogens is 254 g/mol. The Morgan fingerprint density at radius 2 is 2.15 bits per heavy atom. The third kappa shape index (κ3) is 1.61. The van der Waals surface area contributed by atoms with E-state index < -0.39 is 0 Å². The van der Waals surface area contributed by atoms with Gasteiger partial charge in [-0.3, -0.25) is 0 Å². The minimum atomic E-state index is 0.431. The Balaban J connectivity index is 1.86. The van der Waals surface area contributed by atoms with Gasteiger partial charge in [0.2, 0.25) is 0 Å². The third-order valence-electron chi connectivity index (χ3n) is 3.73. The van der Waals surface area contributed by atoms with Gasteiger partial charge in [-0.2, -0.15) is 14.8 Å². The molecule has 0 amide bonds. The molecular formula is C14H15N5O. The second-order valence-corrected chi connectivity index (χ2v) is 5.17. The van der Waals surface area contributed by atoms with Crippen LogP contribution in [0.5, 0.6) is 0 Å². The monoisotopic (exact) mass is 269 g/mol. The zero-order valence-electron chi connectivity index (χ0n) is 11.2. The van der Waals surface area contributed by atoms with Crippen molar-refractivity contribution in [3.8, 4) is 6.01 Å². The fraction of sp³-hybridized carbons (Fsp3) is 0.286. The zero-order valence-corrected chi connectivity index (χ0v) is 11.2. The molecule has 20 heavy (non-hydrogen) atoms. The smallest absolute Gasteiger partial charge is 0.325 e. The first-order chi connectivity index (χ1) is 9.72. The molecule has 6 nitrogen and oxygen atoms in total. The molecule has 1 aliphatic rings. The Kier molecular flexibility index (Phi) is 2.34. The minimum Gasteiger partial charge on any atom is -0.422 e. The average molecular weight is 269 g/mol. The first-order valence-electron chi connectivity index (χ1n) is 6.63. The molecule has 0 unspecified atom stereocenters. The number of rotatable bonds is 1. The Hall–Kier alpha value is -2.34. The number of nitrogen functional groups attached to an aromatic ring is 1. The molecule has 2 aromatic heterocycles. The number of hydrogen-bond donors (Lipinski definition) is 1. The summed E-state index contributed by atoms with van der Waals surface area (Å²) < 4.78 is 7.35. The first-order valence-corrected chi connectivity index (χ1v) is 6.63. The summed E-state index contributed by atoms with van der Waals surface area (Å²) in [6.45, 7) is 1.82. The fourth-order valence-electron chi connectivity index (χ4n) is 2.63. The average Bonchev–Trinajstić information content (AvgIpc) is 3.01. The topological polar surface area (TPSA) is 73.1 Å². The summed E-state index contributed by atoms with van der Waals surface area (Å²) in [6.07, 6.45) is 0.906. The molecule has 0 atom stereocenters. The van der Waals surface area contributed by atoms with Crippen LogP contribution in [-0.2, 0) is 13.0 Å². The number of para-hydroxylation sites is 2. The largest absolute Gasteiger partial charge is 0.422 e. The van der Waals surface area contributed by atoms with E-state index in [2.05, 4.69) is 22.0 Å². The van der Waals surface area contributed by atoms with Crippen LogP contribution in [0.4, 0.5) is 5.82 Å². The van der Waals surface area contributed by atoms with Crippen molar-refractivity contribution in [3.63, 3.8) is 0 Å². The summed E-state index contributed by atoms with van der Waals surface area (Å²) in [5.41, 5.74) is 9.90. The van der Waals surface area contributed by atoms with E-state index in [0.29, 0.717) is 11.8 Å². The highest BCUT2D eigenvalue weighted by Gasteiger charge is 2.23. The fourth-order valence-corrected chi connectivity index (χ4v) is 2.63. The summed E-state index contributed by atoms with van der Waals surface area (Å²) in [4.78, 5) is 6.68. The molecule has 1 aromatic carbocycles. The van der Waals surface area contributed by atoms with Crippen molar-refractivity contribution in [2.75, 3.05) is 19.3 Å². The molecule has 0 saturated heterocycles. The van der Waals surface area contributed by atoms with Gasteiger partial charge in [0.05, 0.1) is 5.69 Å². The van der Waals surface area contributed by atoms with Gasteiger partial charge < -0.3 is 15.1 Å². The van der Waals surface area contributed by atoms with Gasteiger partial charge in [0.15, 0.2) is 5.58 Å². The summed E-state index contributed by atoms with van der Waals surface area (Å²) in [7, 11) is 2.08. The van der Waals surface area contributed by atoms with Crippen LogP contribution < -0.4 is 5.73 Å². The second-order valence-electron chi connectivity index (χ2n) is 5.17. The van der Waals surface area contributed by atoms with Crippen LogP contribution in [0.15, 0.2) is 28.7 Å². The highest BCUT2D eigenvalue weighted by Crippen LogP contribution is 2.27.